The Labute approximate surface area is 72.8 Å². The quantitative estimate of drug-likeness (QED) is 0.718. The second-order valence-electron chi connectivity index (χ2n) is 3.54. The number of nitrogens with zero attached hydrogens (tertiary/aromatic N) is 2. The molecule has 0 bridgehead atoms. The summed E-state index contributed by atoms with van der Waals surface area (Å²) >= 11 is 0. The first-order chi connectivity index (χ1) is 5.86. The van der Waals surface area contributed by atoms with E-state index in [1.807, 2.05) is 6.20 Å². The second-order valence-corrected chi connectivity index (χ2v) is 3.54. The Bertz CT molecular complexity index is 230. The summed E-state index contributed by atoms with van der Waals surface area (Å²) in [6, 6.07) is 0.744. The van der Waals surface area contributed by atoms with Crippen LogP contribution in [0.3, 0.4) is 0 Å². The average Bonchev–Trinajstić information content (AvgIpc) is 2.65. The van der Waals surface area contributed by atoms with Gasteiger partial charge in [0, 0.05) is 24.5 Å². The van der Waals surface area contributed by atoms with Gasteiger partial charge in [0.25, 0.3) is 0 Å². The fraction of sp³-hybridized carbons (Fsp3) is 0.667. The van der Waals surface area contributed by atoms with Crippen LogP contribution in [0, 0.1) is 0 Å². The third-order valence-corrected chi connectivity index (χ3v) is 2.62. The van der Waals surface area contributed by atoms with E-state index in [2.05, 4.69) is 21.8 Å². The van der Waals surface area contributed by atoms with Crippen molar-refractivity contribution >= 4 is 0 Å². The molecule has 0 radical (unpaired) electrons. The molecule has 1 aromatic heterocycles. The van der Waals surface area contributed by atoms with Gasteiger partial charge < -0.3 is 4.98 Å². The van der Waals surface area contributed by atoms with E-state index >= 15 is 0 Å². The molecule has 1 unspecified atom stereocenters. The molecular formula is C9H15N3. The van der Waals surface area contributed by atoms with Gasteiger partial charge in [-0.05, 0) is 26.3 Å². The maximum absolute atomic E-state index is 4.01. The number of nitrogens with one attached hydrogen (secondary N) is 1. The summed E-state index contributed by atoms with van der Waals surface area (Å²) in [6.07, 6.45) is 6.34. The minimum absolute atomic E-state index is 0.744. The van der Waals surface area contributed by atoms with Crippen LogP contribution >= 0.6 is 0 Å². The van der Waals surface area contributed by atoms with Gasteiger partial charge in [0.2, 0.25) is 0 Å². The zero-order chi connectivity index (χ0) is 8.39. The standard InChI is InChI=1S/C9H15N3/c1-8-3-2-4-12(8)6-9-5-10-7-11-9/h5,7-8H,2-4,6H2,1H3,(H,10,11). The minimum Gasteiger partial charge on any atom is -0.347 e. The Morgan fingerprint density at radius 2 is 2.67 bits per heavy atom. The molecule has 66 valence electrons. The number of H-pyrrole nitrogens is 1. The lowest BCUT2D eigenvalue weighted by atomic mass is 10.2. The maximum Gasteiger partial charge on any atom is 0.0922 e. The van der Waals surface area contributed by atoms with E-state index in [1.54, 1.807) is 6.33 Å². The van der Waals surface area contributed by atoms with Crippen LogP contribution in [-0.2, 0) is 6.54 Å². The van der Waals surface area contributed by atoms with Crippen LogP contribution in [0.15, 0.2) is 12.5 Å². The van der Waals surface area contributed by atoms with E-state index in [9.17, 15) is 0 Å². The summed E-state index contributed by atoms with van der Waals surface area (Å²) in [5, 5.41) is 0. The highest BCUT2D eigenvalue weighted by Gasteiger charge is 2.19. The molecule has 1 saturated heterocycles. The molecule has 0 saturated carbocycles. The van der Waals surface area contributed by atoms with Gasteiger partial charge >= 0.3 is 0 Å². The van der Waals surface area contributed by atoms with Crippen LogP contribution in [-0.4, -0.2) is 27.5 Å². The highest BCUT2D eigenvalue weighted by molar-refractivity contribution is 4.95. The van der Waals surface area contributed by atoms with Crippen molar-refractivity contribution in [2.45, 2.75) is 32.4 Å². The smallest absolute Gasteiger partial charge is 0.0922 e. The monoisotopic (exact) mass is 165 g/mol. The third kappa shape index (κ3) is 1.50. The number of hydrogen-bond donors (Lipinski definition) is 1. The van der Waals surface area contributed by atoms with Crippen molar-refractivity contribution in [1.82, 2.24) is 14.9 Å². The molecule has 3 heteroatoms. The lowest BCUT2D eigenvalue weighted by Gasteiger charge is -2.19. The average molecular weight is 165 g/mol. The number of aromatic nitrogens is 2. The summed E-state index contributed by atoms with van der Waals surface area (Å²) in [5.41, 5.74) is 1.23. The molecule has 0 aliphatic carbocycles. The Morgan fingerprint density at radius 3 is 3.25 bits per heavy atom. The van der Waals surface area contributed by atoms with E-state index in [4.69, 9.17) is 0 Å². The van der Waals surface area contributed by atoms with E-state index < -0.39 is 0 Å². The normalized spacial score (nSPS) is 24.9. The number of imidazole rings is 1. The number of likely N-dealkylation sites (tertiary alicyclic amines) is 1. The number of hydrogen-bond acceptors (Lipinski definition) is 2. The zero-order valence-electron chi connectivity index (χ0n) is 7.45. The molecule has 3 nitrogen and oxygen atoms in total. The molecule has 1 fully saturated rings. The summed E-state index contributed by atoms with van der Waals surface area (Å²) in [6.45, 7) is 4.56. The lowest BCUT2D eigenvalue weighted by Crippen LogP contribution is -2.26. The summed E-state index contributed by atoms with van der Waals surface area (Å²) in [5.74, 6) is 0. The van der Waals surface area contributed by atoms with Crippen LogP contribution in [0.2, 0.25) is 0 Å². The molecule has 0 aromatic carbocycles. The van der Waals surface area contributed by atoms with Crippen molar-refractivity contribution in [3.63, 3.8) is 0 Å². The molecule has 1 aliphatic rings. The molecule has 1 aromatic rings. The van der Waals surface area contributed by atoms with Crippen molar-refractivity contribution in [2.24, 2.45) is 0 Å². The molecule has 1 aliphatic heterocycles. The predicted octanol–water partition coefficient (Wildman–Crippen LogP) is 1.39. The molecule has 0 spiro atoms. The van der Waals surface area contributed by atoms with E-state index in [0.29, 0.717) is 0 Å². The van der Waals surface area contributed by atoms with Gasteiger partial charge in [-0.25, -0.2) is 4.98 Å². The fourth-order valence-electron chi connectivity index (χ4n) is 1.82. The third-order valence-electron chi connectivity index (χ3n) is 2.62. The molecule has 12 heavy (non-hydrogen) atoms. The van der Waals surface area contributed by atoms with Crippen LogP contribution in [0.1, 0.15) is 25.5 Å². The Balaban J connectivity index is 1.95. The maximum atomic E-state index is 4.01. The summed E-state index contributed by atoms with van der Waals surface area (Å²) < 4.78 is 0. The van der Waals surface area contributed by atoms with Gasteiger partial charge in [0.1, 0.15) is 0 Å². The van der Waals surface area contributed by atoms with Crippen LogP contribution < -0.4 is 0 Å². The summed E-state index contributed by atoms with van der Waals surface area (Å²) in [4.78, 5) is 9.63. The topological polar surface area (TPSA) is 31.9 Å². The van der Waals surface area contributed by atoms with E-state index in [0.717, 1.165) is 12.6 Å². The van der Waals surface area contributed by atoms with E-state index in [1.165, 1.54) is 25.1 Å². The molecular weight excluding hydrogens is 150 g/mol. The first-order valence-electron chi connectivity index (χ1n) is 4.57. The molecule has 1 N–H and O–H groups in total. The van der Waals surface area contributed by atoms with Gasteiger partial charge in [-0.15, -0.1) is 0 Å². The first kappa shape index (κ1) is 7.80. The van der Waals surface area contributed by atoms with Gasteiger partial charge in [0.15, 0.2) is 0 Å². The molecule has 0 amide bonds. The molecule has 2 heterocycles. The zero-order valence-corrected chi connectivity index (χ0v) is 7.45. The SMILES string of the molecule is CC1CCCN1Cc1cnc[nH]1. The fourth-order valence-corrected chi connectivity index (χ4v) is 1.82. The Kier molecular flexibility index (Phi) is 2.13. The first-order valence-corrected chi connectivity index (χ1v) is 4.57. The molecule has 1 atom stereocenters. The Morgan fingerprint density at radius 1 is 1.75 bits per heavy atom. The largest absolute Gasteiger partial charge is 0.347 e. The van der Waals surface area contributed by atoms with Crippen LogP contribution in [0.4, 0.5) is 0 Å². The van der Waals surface area contributed by atoms with Gasteiger partial charge in [0.05, 0.1) is 6.33 Å². The lowest BCUT2D eigenvalue weighted by molar-refractivity contribution is 0.257. The van der Waals surface area contributed by atoms with Crippen molar-refractivity contribution in [1.29, 1.82) is 0 Å². The summed E-state index contributed by atoms with van der Waals surface area (Å²) in [7, 11) is 0. The predicted molar refractivity (Wildman–Crippen MR) is 47.7 cm³/mol. The molecule has 2 rings (SSSR count). The Hall–Kier alpha value is -0.830. The van der Waals surface area contributed by atoms with Gasteiger partial charge in [-0.1, -0.05) is 0 Å². The highest BCUT2D eigenvalue weighted by Crippen LogP contribution is 2.17. The number of rotatable bonds is 2. The highest BCUT2D eigenvalue weighted by atomic mass is 15.2. The van der Waals surface area contributed by atoms with Crippen molar-refractivity contribution in [2.75, 3.05) is 6.54 Å². The van der Waals surface area contributed by atoms with E-state index in [-0.39, 0.29) is 0 Å². The minimum atomic E-state index is 0.744. The second kappa shape index (κ2) is 3.27. The van der Waals surface area contributed by atoms with Gasteiger partial charge in [-0.3, -0.25) is 4.90 Å². The van der Waals surface area contributed by atoms with Crippen molar-refractivity contribution < 1.29 is 0 Å². The van der Waals surface area contributed by atoms with Crippen LogP contribution in [0.5, 0.6) is 0 Å². The van der Waals surface area contributed by atoms with Crippen molar-refractivity contribution in [3.05, 3.63) is 18.2 Å². The van der Waals surface area contributed by atoms with Crippen LogP contribution in [0.25, 0.3) is 0 Å². The van der Waals surface area contributed by atoms with Gasteiger partial charge in [-0.2, -0.15) is 0 Å². The number of aromatic amines is 1. The van der Waals surface area contributed by atoms with Crippen molar-refractivity contribution in [3.8, 4) is 0 Å².